The van der Waals surface area contributed by atoms with E-state index in [1.165, 1.54) is 0 Å². The predicted molar refractivity (Wildman–Crippen MR) is 141 cm³/mol. The summed E-state index contributed by atoms with van der Waals surface area (Å²) < 4.78 is 13.3. The number of ether oxygens (including phenoxy) is 2. The van der Waals surface area contributed by atoms with E-state index in [1.54, 1.807) is 9.47 Å². The van der Waals surface area contributed by atoms with Crippen molar-refractivity contribution >= 4 is 17.0 Å². The van der Waals surface area contributed by atoms with Crippen molar-refractivity contribution in [3.05, 3.63) is 64.7 Å². The summed E-state index contributed by atoms with van der Waals surface area (Å²) in [6, 6.07) is 15.1. The number of carbonyl (C=O) groups excluding carboxylic acids is 1. The number of nitrogens with zero attached hydrogens (tertiary/aromatic N) is 4. The quantitative estimate of drug-likeness (QED) is 0.448. The van der Waals surface area contributed by atoms with Crippen LogP contribution in [0.5, 0.6) is 5.75 Å². The van der Waals surface area contributed by atoms with Crippen molar-refractivity contribution in [2.45, 2.75) is 52.7 Å². The van der Waals surface area contributed by atoms with Gasteiger partial charge in [0.15, 0.2) is 0 Å². The van der Waals surface area contributed by atoms with Gasteiger partial charge in [-0.15, -0.1) is 0 Å². The minimum absolute atomic E-state index is 0.116. The third-order valence-electron chi connectivity index (χ3n) is 6.10. The molecule has 0 saturated carbocycles. The molecule has 0 N–H and O–H groups in total. The first-order chi connectivity index (χ1) is 17.3. The molecule has 36 heavy (non-hydrogen) atoms. The van der Waals surface area contributed by atoms with E-state index < -0.39 is 5.60 Å². The van der Waals surface area contributed by atoms with Crippen LogP contribution < -0.4 is 10.3 Å². The zero-order valence-electron chi connectivity index (χ0n) is 21.7. The monoisotopic (exact) mass is 492 g/mol. The highest BCUT2D eigenvalue weighted by atomic mass is 16.6. The molecule has 0 radical (unpaired) electrons. The molecule has 0 atom stereocenters. The summed E-state index contributed by atoms with van der Waals surface area (Å²) in [5, 5.41) is 0.569. The minimum atomic E-state index is -0.522. The van der Waals surface area contributed by atoms with Crippen molar-refractivity contribution < 1.29 is 14.3 Å². The molecule has 0 spiro atoms. The molecule has 8 heteroatoms. The molecule has 1 fully saturated rings. The maximum atomic E-state index is 13.7. The molecular weight excluding hydrogens is 456 g/mol. The number of para-hydroxylation sites is 3. The Bertz CT molecular complexity index is 1260. The second-order valence-corrected chi connectivity index (χ2v) is 10.1. The Labute approximate surface area is 212 Å². The van der Waals surface area contributed by atoms with Gasteiger partial charge in [0.2, 0.25) is 0 Å². The molecular formula is C28H36N4O4. The zero-order chi connectivity index (χ0) is 25.7. The SMILES string of the molecule is CCCCOc1ccccc1-n1c(CN2CCN(C(=O)OC(C)(C)C)CC2)nc2ccccc2c1=O. The summed E-state index contributed by atoms with van der Waals surface area (Å²) in [7, 11) is 0. The summed E-state index contributed by atoms with van der Waals surface area (Å²) in [4.78, 5) is 35.1. The molecule has 4 rings (SSSR count). The lowest BCUT2D eigenvalue weighted by molar-refractivity contribution is 0.0136. The van der Waals surface area contributed by atoms with Crippen LogP contribution in [0.3, 0.4) is 0 Å². The van der Waals surface area contributed by atoms with Crippen LogP contribution in [0.1, 0.15) is 46.4 Å². The summed E-state index contributed by atoms with van der Waals surface area (Å²) >= 11 is 0. The molecule has 2 heterocycles. The number of benzene rings is 2. The van der Waals surface area contributed by atoms with Gasteiger partial charge in [-0.3, -0.25) is 14.3 Å². The molecule has 2 aromatic carbocycles. The number of amides is 1. The van der Waals surface area contributed by atoms with Gasteiger partial charge in [-0.1, -0.05) is 37.6 Å². The van der Waals surface area contributed by atoms with Crippen molar-refractivity contribution in [2.24, 2.45) is 0 Å². The van der Waals surface area contributed by atoms with Gasteiger partial charge >= 0.3 is 6.09 Å². The molecule has 1 amide bonds. The fourth-order valence-electron chi connectivity index (χ4n) is 4.24. The van der Waals surface area contributed by atoms with Crippen molar-refractivity contribution in [2.75, 3.05) is 32.8 Å². The molecule has 1 saturated heterocycles. The second kappa shape index (κ2) is 11.1. The molecule has 0 bridgehead atoms. The van der Waals surface area contributed by atoms with Gasteiger partial charge in [0.1, 0.15) is 17.2 Å². The van der Waals surface area contributed by atoms with Gasteiger partial charge in [0.05, 0.1) is 29.7 Å². The van der Waals surface area contributed by atoms with Gasteiger partial charge in [0, 0.05) is 26.2 Å². The van der Waals surface area contributed by atoms with Gasteiger partial charge < -0.3 is 14.4 Å². The van der Waals surface area contributed by atoms with Crippen LogP contribution in [0.4, 0.5) is 4.79 Å². The van der Waals surface area contributed by atoms with Crippen LogP contribution in [0.2, 0.25) is 0 Å². The summed E-state index contributed by atoms with van der Waals surface area (Å²) in [6.45, 7) is 11.2. The van der Waals surface area contributed by atoms with Crippen LogP contribution in [-0.2, 0) is 11.3 Å². The van der Waals surface area contributed by atoms with Gasteiger partial charge in [0.25, 0.3) is 5.56 Å². The normalized spacial score (nSPS) is 14.7. The van der Waals surface area contributed by atoms with E-state index in [1.807, 2.05) is 69.3 Å². The summed E-state index contributed by atoms with van der Waals surface area (Å²) in [5.74, 6) is 1.32. The minimum Gasteiger partial charge on any atom is -0.491 e. The number of piperazine rings is 1. The van der Waals surface area contributed by atoms with Gasteiger partial charge in [-0.2, -0.15) is 0 Å². The van der Waals surface area contributed by atoms with Crippen LogP contribution in [0, 0.1) is 0 Å². The molecule has 3 aromatic rings. The topological polar surface area (TPSA) is 76.9 Å². The third-order valence-corrected chi connectivity index (χ3v) is 6.10. The Kier molecular flexibility index (Phi) is 7.94. The molecule has 192 valence electrons. The Hall–Kier alpha value is -3.39. The molecule has 1 aliphatic rings. The number of rotatable bonds is 7. The second-order valence-electron chi connectivity index (χ2n) is 10.1. The van der Waals surface area contributed by atoms with E-state index in [-0.39, 0.29) is 11.7 Å². The standard InChI is InChI=1S/C28H36N4O4/c1-5-6-19-35-24-14-10-9-13-23(24)32-25(29-22-12-8-7-11-21(22)26(32)33)20-30-15-17-31(18-16-30)27(34)36-28(2,3)4/h7-14H,5-6,15-20H2,1-4H3. The number of carbonyl (C=O) groups is 1. The number of hydrogen-bond acceptors (Lipinski definition) is 6. The third kappa shape index (κ3) is 6.05. The van der Waals surface area contributed by atoms with Crippen molar-refractivity contribution in [1.29, 1.82) is 0 Å². The Morgan fingerprint density at radius 2 is 1.69 bits per heavy atom. The van der Waals surface area contributed by atoms with Crippen molar-refractivity contribution in [1.82, 2.24) is 19.4 Å². The summed E-state index contributed by atoms with van der Waals surface area (Å²) in [6.07, 6.45) is 1.68. The zero-order valence-corrected chi connectivity index (χ0v) is 21.7. The first kappa shape index (κ1) is 25.7. The van der Waals surface area contributed by atoms with E-state index in [0.29, 0.717) is 67.5 Å². The predicted octanol–water partition coefficient (Wildman–Crippen LogP) is 4.62. The lowest BCUT2D eigenvalue weighted by Crippen LogP contribution is -2.50. The molecule has 8 nitrogen and oxygen atoms in total. The molecule has 1 aliphatic heterocycles. The fourth-order valence-corrected chi connectivity index (χ4v) is 4.24. The number of unbranched alkanes of at least 4 members (excludes halogenated alkanes) is 1. The maximum absolute atomic E-state index is 13.7. The highest BCUT2D eigenvalue weighted by Crippen LogP contribution is 2.24. The Balaban J connectivity index is 1.63. The first-order valence-corrected chi connectivity index (χ1v) is 12.7. The van der Waals surface area contributed by atoms with Crippen molar-refractivity contribution in [3.8, 4) is 11.4 Å². The van der Waals surface area contributed by atoms with Crippen LogP contribution >= 0.6 is 0 Å². The van der Waals surface area contributed by atoms with E-state index in [4.69, 9.17) is 14.5 Å². The van der Waals surface area contributed by atoms with E-state index in [9.17, 15) is 9.59 Å². The van der Waals surface area contributed by atoms with Crippen LogP contribution in [0.15, 0.2) is 53.3 Å². The van der Waals surface area contributed by atoms with E-state index in [2.05, 4.69) is 11.8 Å². The van der Waals surface area contributed by atoms with E-state index in [0.717, 1.165) is 12.8 Å². The Morgan fingerprint density at radius 3 is 2.42 bits per heavy atom. The van der Waals surface area contributed by atoms with E-state index >= 15 is 0 Å². The van der Waals surface area contributed by atoms with Crippen LogP contribution in [-0.4, -0.2) is 63.8 Å². The number of aromatic nitrogens is 2. The molecule has 1 aromatic heterocycles. The number of fused-ring (bicyclic) bond motifs is 1. The highest BCUT2D eigenvalue weighted by Gasteiger charge is 2.27. The largest absolute Gasteiger partial charge is 0.491 e. The van der Waals surface area contributed by atoms with Crippen molar-refractivity contribution in [3.63, 3.8) is 0 Å². The average molecular weight is 493 g/mol. The molecule has 0 aliphatic carbocycles. The average Bonchev–Trinajstić information content (AvgIpc) is 2.84. The maximum Gasteiger partial charge on any atom is 0.410 e. The number of hydrogen-bond donors (Lipinski definition) is 0. The fraction of sp³-hybridized carbons (Fsp3) is 0.464. The van der Waals surface area contributed by atoms with Crippen LogP contribution in [0.25, 0.3) is 16.6 Å². The smallest absolute Gasteiger partial charge is 0.410 e. The highest BCUT2D eigenvalue weighted by molar-refractivity contribution is 5.78. The first-order valence-electron chi connectivity index (χ1n) is 12.7. The lowest BCUT2D eigenvalue weighted by atomic mass is 10.2. The Morgan fingerprint density at radius 1 is 1.00 bits per heavy atom. The molecule has 0 unspecified atom stereocenters. The summed E-state index contributed by atoms with van der Waals surface area (Å²) in [5.41, 5.74) is 0.727. The van der Waals surface area contributed by atoms with Gasteiger partial charge in [-0.25, -0.2) is 9.78 Å². The lowest BCUT2D eigenvalue weighted by Gasteiger charge is -2.35. The van der Waals surface area contributed by atoms with Gasteiger partial charge in [-0.05, 0) is 51.5 Å².